The molecular formula is C21H28N2O2. The fourth-order valence-electron chi connectivity index (χ4n) is 2.98. The summed E-state index contributed by atoms with van der Waals surface area (Å²) in [5.41, 5.74) is 2.57. The van der Waals surface area contributed by atoms with Gasteiger partial charge in [-0.3, -0.25) is 9.69 Å². The minimum Gasteiger partial charge on any atom is -0.468 e. The molecule has 0 fully saturated rings. The van der Waals surface area contributed by atoms with E-state index >= 15 is 0 Å². The maximum Gasteiger partial charge on any atom is 0.322 e. The van der Waals surface area contributed by atoms with Crippen molar-refractivity contribution in [3.05, 3.63) is 71.8 Å². The maximum atomic E-state index is 11.6. The van der Waals surface area contributed by atoms with E-state index in [4.69, 9.17) is 4.74 Å². The fourth-order valence-corrected chi connectivity index (χ4v) is 2.98. The minimum absolute atomic E-state index is 0.168. The van der Waals surface area contributed by atoms with Gasteiger partial charge in [-0.1, -0.05) is 60.7 Å². The lowest BCUT2D eigenvalue weighted by Gasteiger charge is -2.28. The van der Waals surface area contributed by atoms with Crippen molar-refractivity contribution in [3.63, 3.8) is 0 Å². The number of methoxy groups -OCH3 is 1. The van der Waals surface area contributed by atoms with E-state index in [1.165, 1.54) is 18.2 Å². The summed E-state index contributed by atoms with van der Waals surface area (Å²) in [7, 11) is 1.42. The second-order valence-corrected chi connectivity index (χ2v) is 6.45. The molecule has 0 radical (unpaired) electrons. The highest BCUT2D eigenvalue weighted by molar-refractivity contribution is 5.75. The van der Waals surface area contributed by atoms with E-state index in [-0.39, 0.29) is 18.1 Å². The Hall–Kier alpha value is -2.17. The fraction of sp³-hybridized carbons (Fsp3) is 0.381. The molecule has 0 spiro atoms. The molecule has 0 unspecified atom stereocenters. The molecule has 0 aliphatic carbocycles. The normalized spacial score (nSPS) is 13.4. The smallest absolute Gasteiger partial charge is 0.322 e. The molecule has 1 N–H and O–H groups in total. The Morgan fingerprint density at radius 2 is 1.44 bits per heavy atom. The molecule has 2 aromatic rings. The van der Waals surface area contributed by atoms with Crippen LogP contribution < -0.4 is 5.32 Å². The Bertz CT molecular complexity index is 589. The zero-order valence-electron chi connectivity index (χ0n) is 15.3. The van der Waals surface area contributed by atoms with Gasteiger partial charge in [0.25, 0.3) is 0 Å². The van der Waals surface area contributed by atoms with Gasteiger partial charge < -0.3 is 10.1 Å². The average molecular weight is 340 g/mol. The third-order valence-electron chi connectivity index (χ3n) is 4.12. The Morgan fingerprint density at radius 3 is 1.88 bits per heavy atom. The molecule has 0 heterocycles. The molecule has 2 rings (SSSR count). The Morgan fingerprint density at radius 1 is 0.960 bits per heavy atom. The van der Waals surface area contributed by atoms with Gasteiger partial charge in [0.05, 0.1) is 7.11 Å². The van der Waals surface area contributed by atoms with Crippen LogP contribution >= 0.6 is 0 Å². The highest BCUT2D eigenvalue weighted by atomic mass is 16.5. The molecule has 0 aromatic heterocycles. The zero-order chi connectivity index (χ0) is 18.1. The van der Waals surface area contributed by atoms with Crippen LogP contribution in [0.2, 0.25) is 0 Å². The number of hydrogen-bond acceptors (Lipinski definition) is 4. The van der Waals surface area contributed by atoms with E-state index in [0.29, 0.717) is 0 Å². The van der Waals surface area contributed by atoms with Gasteiger partial charge in [0.15, 0.2) is 0 Å². The van der Waals surface area contributed by atoms with Crippen LogP contribution in [0.15, 0.2) is 60.7 Å². The van der Waals surface area contributed by atoms with Crippen molar-refractivity contribution in [1.82, 2.24) is 10.2 Å². The van der Waals surface area contributed by atoms with Crippen molar-refractivity contribution < 1.29 is 9.53 Å². The van der Waals surface area contributed by atoms with Crippen LogP contribution in [0.5, 0.6) is 0 Å². The number of carbonyl (C=O) groups excluding carboxylic acids is 1. The molecule has 0 saturated heterocycles. The van der Waals surface area contributed by atoms with Crippen LogP contribution in [-0.4, -0.2) is 36.6 Å². The van der Waals surface area contributed by atoms with Crippen molar-refractivity contribution in [2.24, 2.45) is 0 Å². The van der Waals surface area contributed by atoms with E-state index in [2.05, 4.69) is 65.7 Å². The quantitative estimate of drug-likeness (QED) is 0.712. The van der Waals surface area contributed by atoms with E-state index in [9.17, 15) is 4.79 Å². The van der Waals surface area contributed by atoms with Crippen molar-refractivity contribution >= 4 is 5.97 Å². The third-order valence-corrected chi connectivity index (χ3v) is 4.12. The summed E-state index contributed by atoms with van der Waals surface area (Å²) in [5.74, 6) is -0.232. The summed E-state index contributed by atoms with van der Waals surface area (Å²) < 4.78 is 4.79. The zero-order valence-corrected chi connectivity index (χ0v) is 15.3. The minimum atomic E-state index is -0.310. The molecule has 0 saturated carbocycles. The van der Waals surface area contributed by atoms with Crippen molar-refractivity contribution in [2.45, 2.75) is 39.0 Å². The van der Waals surface area contributed by atoms with Gasteiger partial charge in [-0.05, 0) is 25.0 Å². The monoisotopic (exact) mass is 340 g/mol. The number of nitrogens with one attached hydrogen (secondary N) is 1. The summed E-state index contributed by atoms with van der Waals surface area (Å²) in [6, 6.07) is 20.8. The molecule has 0 aliphatic rings. The molecule has 0 bridgehead atoms. The molecular weight excluding hydrogens is 312 g/mol. The third kappa shape index (κ3) is 6.69. The molecule has 0 aliphatic heterocycles. The Kier molecular flexibility index (Phi) is 7.64. The molecule has 4 nitrogen and oxygen atoms in total. The molecule has 2 aromatic carbocycles. The lowest BCUT2D eigenvalue weighted by atomic mass is 10.1. The lowest BCUT2D eigenvalue weighted by molar-refractivity contribution is -0.142. The van der Waals surface area contributed by atoms with Crippen LogP contribution in [0.1, 0.15) is 25.0 Å². The number of carbonyl (C=O) groups is 1. The molecule has 25 heavy (non-hydrogen) atoms. The van der Waals surface area contributed by atoms with E-state index in [1.807, 2.05) is 19.1 Å². The first kappa shape index (κ1) is 19.2. The summed E-state index contributed by atoms with van der Waals surface area (Å²) in [5, 5.41) is 3.32. The van der Waals surface area contributed by atoms with E-state index in [1.54, 1.807) is 0 Å². The first-order chi connectivity index (χ1) is 12.1. The van der Waals surface area contributed by atoms with Crippen LogP contribution in [0, 0.1) is 0 Å². The number of benzene rings is 2. The van der Waals surface area contributed by atoms with Crippen molar-refractivity contribution in [1.29, 1.82) is 0 Å². The number of rotatable bonds is 9. The first-order valence-electron chi connectivity index (χ1n) is 8.72. The number of esters is 1. The highest BCUT2D eigenvalue weighted by Gasteiger charge is 2.18. The van der Waals surface area contributed by atoms with Crippen LogP contribution in [-0.2, 0) is 22.6 Å². The lowest BCUT2D eigenvalue weighted by Crippen LogP contribution is -2.45. The van der Waals surface area contributed by atoms with Gasteiger partial charge in [0.2, 0.25) is 0 Å². The summed E-state index contributed by atoms with van der Waals surface area (Å²) in [6.07, 6.45) is 0. The maximum absolute atomic E-state index is 11.6. The second kappa shape index (κ2) is 9.97. The molecule has 134 valence electrons. The topological polar surface area (TPSA) is 41.6 Å². The predicted octanol–water partition coefficient (Wildman–Crippen LogP) is 3.23. The second-order valence-electron chi connectivity index (χ2n) is 6.45. The Balaban J connectivity index is 2.01. The number of ether oxygens (including phenoxy) is 1. The number of hydrogen-bond donors (Lipinski definition) is 1. The van der Waals surface area contributed by atoms with Crippen LogP contribution in [0.4, 0.5) is 0 Å². The van der Waals surface area contributed by atoms with Crippen LogP contribution in [0.25, 0.3) is 0 Å². The summed E-state index contributed by atoms with van der Waals surface area (Å²) >= 11 is 0. The summed E-state index contributed by atoms with van der Waals surface area (Å²) in [6.45, 7) is 6.51. The van der Waals surface area contributed by atoms with Crippen LogP contribution in [0.3, 0.4) is 0 Å². The van der Waals surface area contributed by atoms with Gasteiger partial charge in [-0.25, -0.2) is 0 Å². The van der Waals surface area contributed by atoms with Crippen molar-refractivity contribution in [2.75, 3.05) is 13.7 Å². The summed E-state index contributed by atoms with van der Waals surface area (Å²) in [4.78, 5) is 14.0. The Labute approximate surface area is 150 Å². The van der Waals surface area contributed by atoms with Gasteiger partial charge in [0, 0.05) is 25.7 Å². The SMILES string of the molecule is COC(=O)[C@@H](C)N[C@H](C)CN(Cc1ccccc1)Cc1ccccc1. The molecule has 2 atom stereocenters. The van der Waals surface area contributed by atoms with Gasteiger partial charge in [0.1, 0.15) is 6.04 Å². The van der Waals surface area contributed by atoms with Crippen molar-refractivity contribution in [3.8, 4) is 0 Å². The number of nitrogens with zero attached hydrogens (tertiary/aromatic N) is 1. The highest BCUT2D eigenvalue weighted by Crippen LogP contribution is 2.11. The van der Waals surface area contributed by atoms with E-state index < -0.39 is 0 Å². The average Bonchev–Trinajstić information content (AvgIpc) is 2.62. The van der Waals surface area contributed by atoms with Gasteiger partial charge in [-0.2, -0.15) is 0 Å². The standard InChI is InChI=1S/C21H28N2O2/c1-17(22-18(2)21(24)25-3)14-23(15-19-10-6-4-7-11-19)16-20-12-8-5-9-13-20/h4-13,17-18,22H,14-16H2,1-3H3/t17-,18-/m1/s1. The largest absolute Gasteiger partial charge is 0.468 e. The predicted molar refractivity (Wildman–Crippen MR) is 101 cm³/mol. The van der Waals surface area contributed by atoms with Gasteiger partial charge in [-0.15, -0.1) is 0 Å². The molecule has 4 heteroatoms. The van der Waals surface area contributed by atoms with Gasteiger partial charge >= 0.3 is 5.97 Å². The molecule has 0 amide bonds. The van der Waals surface area contributed by atoms with E-state index in [0.717, 1.165) is 19.6 Å². The first-order valence-corrected chi connectivity index (χ1v) is 8.72.